The minimum absolute atomic E-state index is 0.131. The number of benzene rings is 1. The van der Waals surface area contributed by atoms with E-state index < -0.39 is 0 Å². The maximum atomic E-state index is 11.9. The number of anilines is 2. The molecule has 0 aliphatic heterocycles. The van der Waals surface area contributed by atoms with Crippen LogP contribution in [0, 0.1) is 0 Å². The second-order valence-electron chi connectivity index (χ2n) is 4.94. The number of nitrogens with one attached hydrogen (secondary N) is 1. The van der Waals surface area contributed by atoms with E-state index in [9.17, 15) is 4.79 Å². The van der Waals surface area contributed by atoms with Gasteiger partial charge in [-0.1, -0.05) is 25.1 Å². The number of aromatic nitrogens is 2. The van der Waals surface area contributed by atoms with Crippen LogP contribution < -0.4 is 10.2 Å². The normalized spacial score (nSPS) is 11.8. The van der Waals surface area contributed by atoms with Crippen molar-refractivity contribution in [2.45, 2.75) is 26.3 Å². The predicted molar refractivity (Wildman–Crippen MR) is 83.8 cm³/mol. The molecule has 0 spiro atoms. The lowest BCUT2D eigenvalue weighted by Gasteiger charge is -2.18. The maximum Gasteiger partial charge on any atom is 0.271 e. The molecule has 110 valence electrons. The first-order valence-electron chi connectivity index (χ1n) is 7.03. The smallest absolute Gasteiger partial charge is 0.271 e. The van der Waals surface area contributed by atoms with E-state index in [0.717, 1.165) is 12.1 Å². The first-order chi connectivity index (χ1) is 10.1. The van der Waals surface area contributed by atoms with Gasteiger partial charge in [0.05, 0.1) is 12.4 Å². The van der Waals surface area contributed by atoms with Gasteiger partial charge < -0.3 is 10.2 Å². The molecule has 1 atom stereocenters. The second kappa shape index (κ2) is 6.83. The van der Waals surface area contributed by atoms with Crippen molar-refractivity contribution in [3.63, 3.8) is 0 Å². The van der Waals surface area contributed by atoms with Crippen LogP contribution in [0.4, 0.5) is 11.5 Å². The molecular weight excluding hydrogens is 264 g/mol. The number of para-hydroxylation sites is 1. The Hall–Kier alpha value is -2.43. The van der Waals surface area contributed by atoms with Gasteiger partial charge in [-0.25, -0.2) is 9.97 Å². The Bertz CT molecular complexity index is 583. The molecule has 0 fully saturated rings. The average Bonchev–Trinajstić information content (AvgIpc) is 2.55. The average molecular weight is 284 g/mol. The van der Waals surface area contributed by atoms with Gasteiger partial charge in [0, 0.05) is 18.8 Å². The molecule has 5 heteroatoms. The molecular formula is C16H20N4O. The third-order valence-corrected chi connectivity index (χ3v) is 3.35. The summed E-state index contributed by atoms with van der Waals surface area (Å²) in [4.78, 5) is 22.4. The fourth-order valence-electron chi connectivity index (χ4n) is 1.80. The Morgan fingerprint density at radius 2 is 1.95 bits per heavy atom. The molecule has 0 radical (unpaired) electrons. The molecule has 1 unspecified atom stereocenters. The Balaban J connectivity index is 2.10. The summed E-state index contributed by atoms with van der Waals surface area (Å²) < 4.78 is 0. The highest BCUT2D eigenvalue weighted by Crippen LogP contribution is 2.19. The van der Waals surface area contributed by atoms with E-state index in [1.54, 1.807) is 6.20 Å². The summed E-state index contributed by atoms with van der Waals surface area (Å²) in [6.45, 7) is 3.98. The lowest BCUT2D eigenvalue weighted by molar-refractivity contribution is 0.0934. The molecule has 0 aliphatic carbocycles. The van der Waals surface area contributed by atoms with Gasteiger partial charge in [0.1, 0.15) is 5.69 Å². The number of nitrogens with zero attached hydrogens (tertiary/aromatic N) is 3. The van der Waals surface area contributed by atoms with Crippen LogP contribution in [0.5, 0.6) is 0 Å². The molecule has 1 amide bonds. The van der Waals surface area contributed by atoms with Gasteiger partial charge in [0.15, 0.2) is 5.82 Å². The van der Waals surface area contributed by atoms with Crippen LogP contribution in [0.3, 0.4) is 0 Å². The first kappa shape index (κ1) is 15.0. The van der Waals surface area contributed by atoms with E-state index in [4.69, 9.17) is 0 Å². The fourth-order valence-corrected chi connectivity index (χ4v) is 1.80. The van der Waals surface area contributed by atoms with Crippen molar-refractivity contribution in [1.29, 1.82) is 0 Å². The van der Waals surface area contributed by atoms with Crippen LogP contribution in [0.15, 0.2) is 42.7 Å². The topological polar surface area (TPSA) is 58.1 Å². The molecule has 0 saturated heterocycles. The molecule has 5 nitrogen and oxygen atoms in total. The van der Waals surface area contributed by atoms with Gasteiger partial charge in [0.2, 0.25) is 0 Å². The molecule has 1 aromatic heterocycles. The Morgan fingerprint density at radius 3 is 2.52 bits per heavy atom. The molecule has 1 heterocycles. The summed E-state index contributed by atoms with van der Waals surface area (Å²) in [7, 11) is 1.91. The summed E-state index contributed by atoms with van der Waals surface area (Å²) >= 11 is 0. The van der Waals surface area contributed by atoms with E-state index in [0.29, 0.717) is 11.5 Å². The summed E-state index contributed by atoms with van der Waals surface area (Å²) in [6, 6.07) is 10.0. The van der Waals surface area contributed by atoms with Crippen molar-refractivity contribution in [1.82, 2.24) is 15.3 Å². The summed E-state index contributed by atoms with van der Waals surface area (Å²) in [5, 5.41) is 2.87. The van der Waals surface area contributed by atoms with E-state index in [2.05, 4.69) is 15.3 Å². The number of carbonyl (C=O) groups excluding carboxylic acids is 1. The third kappa shape index (κ3) is 3.78. The number of carbonyl (C=O) groups is 1. The van der Waals surface area contributed by atoms with Crippen molar-refractivity contribution in [3.8, 4) is 0 Å². The van der Waals surface area contributed by atoms with Gasteiger partial charge in [-0.05, 0) is 25.5 Å². The van der Waals surface area contributed by atoms with E-state index in [1.807, 2.05) is 56.1 Å². The molecule has 2 aromatic rings. The van der Waals surface area contributed by atoms with Crippen molar-refractivity contribution >= 4 is 17.4 Å². The quantitative estimate of drug-likeness (QED) is 0.917. The molecule has 0 aliphatic rings. The molecule has 1 N–H and O–H groups in total. The molecule has 0 saturated carbocycles. The van der Waals surface area contributed by atoms with Crippen LogP contribution in [0.1, 0.15) is 30.8 Å². The fraction of sp³-hybridized carbons (Fsp3) is 0.312. The lowest BCUT2D eigenvalue weighted by Crippen LogP contribution is -2.32. The zero-order valence-electron chi connectivity index (χ0n) is 12.6. The third-order valence-electron chi connectivity index (χ3n) is 3.35. The maximum absolute atomic E-state index is 11.9. The lowest BCUT2D eigenvalue weighted by atomic mass is 10.2. The number of amides is 1. The first-order valence-corrected chi connectivity index (χ1v) is 7.03. The number of rotatable bonds is 5. The Labute approximate surface area is 125 Å². The Morgan fingerprint density at radius 1 is 1.24 bits per heavy atom. The highest BCUT2D eigenvalue weighted by molar-refractivity contribution is 5.92. The summed E-state index contributed by atoms with van der Waals surface area (Å²) in [5.74, 6) is 0.507. The zero-order valence-corrected chi connectivity index (χ0v) is 12.6. The molecule has 2 rings (SSSR count). The standard InChI is InChI=1S/C16H20N4O/c1-4-12(2)19-16(21)14-10-18-15(11-17-14)20(3)13-8-6-5-7-9-13/h5-12H,4H2,1-3H3,(H,19,21). The van der Waals surface area contributed by atoms with Crippen molar-refractivity contribution in [3.05, 3.63) is 48.4 Å². The van der Waals surface area contributed by atoms with E-state index in [1.165, 1.54) is 6.20 Å². The van der Waals surface area contributed by atoms with Crippen molar-refractivity contribution in [2.24, 2.45) is 0 Å². The van der Waals surface area contributed by atoms with Crippen LogP contribution in [0.2, 0.25) is 0 Å². The van der Waals surface area contributed by atoms with E-state index in [-0.39, 0.29) is 11.9 Å². The van der Waals surface area contributed by atoms with Gasteiger partial charge in [-0.3, -0.25) is 4.79 Å². The summed E-state index contributed by atoms with van der Waals surface area (Å²) in [6.07, 6.45) is 4.00. The number of hydrogen-bond donors (Lipinski definition) is 1. The van der Waals surface area contributed by atoms with Crippen molar-refractivity contribution < 1.29 is 4.79 Å². The van der Waals surface area contributed by atoms with Gasteiger partial charge in [0.25, 0.3) is 5.91 Å². The molecule has 0 bridgehead atoms. The van der Waals surface area contributed by atoms with Gasteiger partial charge >= 0.3 is 0 Å². The summed E-state index contributed by atoms with van der Waals surface area (Å²) in [5.41, 5.74) is 1.35. The highest BCUT2D eigenvalue weighted by atomic mass is 16.1. The Kier molecular flexibility index (Phi) is 4.87. The van der Waals surface area contributed by atoms with Crippen molar-refractivity contribution in [2.75, 3.05) is 11.9 Å². The monoisotopic (exact) mass is 284 g/mol. The molecule has 21 heavy (non-hydrogen) atoms. The zero-order chi connectivity index (χ0) is 15.2. The highest BCUT2D eigenvalue weighted by Gasteiger charge is 2.12. The van der Waals surface area contributed by atoms with Gasteiger partial charge in [-0.2, -0.15) is 0 Å². The predicted octanol–water partition coefficient (Wildman–Crippen LogP) is 2.77. The SMILES string of the molecule is CCC(C)NC(=O)c1cnc(N(C)c2ccccc2)cn1. The minimum atomic E-state index is -0.189. The van der Waals surface area contributed by atoms with Crippen LogP contribution in [-0.4, -0.2) is 29.0 Å². The second-order valence-corrected chi connectivity index (χ2v) is 4.94. The molecule has 1 aromatic carbocycles. The number of hydrogen-bond acceptors (Lipinski definition) is 4. The van der Waals surface area contributed by atoms with E-state index >= 15 is 0 Å². The van der Waals surface area contributed by atoms with Gasteiger partial charge in [-0.15, -0.1) is 0 Å². The van der Waals surface area contributed by atoms with Crippen LogP contribution in [-0.2, 0) is 0 Å². The van der Waals surface area contributed by atoms with Crippen LogP contribution in [0.25, 0.3) is 0 Å². The van der Waals surface area contributed by atoms with Crippen LogP contribution >= 0.6 is 0 Å². The largest absolute Gasteiger partial charge is 0.348 e. The minimum Gasteiger partial charge on any atom is -0.348 e.